The third-order valence-electron chi connectivity index (χ3n) is 3.02. The topological polar surface area (TPSA) is 30.5 Å². The number of nitrogens with one attached hydrogen (secondary N) is 1. The van der Waals surface area contributed by atoms with Crippen LogP contribution < -0.4 is 14.8 Å². The maximum Gasteiger partial charge on any atom is 0.135 e. The Labute approximate surface area is 124 Å². The molecule has 18 heavy (non-hydrogen) atoms. The molecule has 0 aromatic heterocycles. The normalized spacial score (nSPS) is 20.3. The Hall–Kier alpha value is -0.260. The van der Waals surface area contributed by atoms with E-state index in [0.717, 1.165) is 46.4 Å². The summed E-state index contributed by atoms with van der Waals surface area (Å²) >= 11 is 7.01. The van der Waals surface area contributed by atoms with E-state index in [1.54, 1.807) is 7.11 Å². The van der Waals surface area contributed by atoms with E-state index in [9.17, 15) is 0 Å². The number of halogens is 2. The molecule has 1 aliphatic heterocycles. The van der Waals surface area contributed by atoms with Crippen LogP contribution >= 0.6 is 31.9 Å². The lowest BCUT2D eigenvalue weighted by atomic mass is 10.1. The molecule has 5 heteroatoms. The molecule has 1 aromatic rings. The molecule has 1 aromatic carbocycles. The number of benzene rings is 1. The SMILES string of the molecule is COc1cc(Br)c(OC2CCCNCC2)cc1Br. The molecule has 3 nitrogen and oxygen atoms in total. The molecule has 0 radical (unpaired) electrons. The third kappa shape index (κ3) is 3.62. The quantitative estimate of drug-likeness (QED) is 0.868. The monoisotopic (exact) mass is 377 g/mol. The van der Waals surface area contributed by atoms with Crippen LogP contribution in [0.5, 0.6) is 11.5 Å². The zero-order valence-corrected chi connectivity index (χ0v) is 13.5. The van der Waals surface area contributed by atoms with Crippen LogP contribution in [0, 0.1) is 0 Å². The molecule has 1 fully saturated rings. The molecule has 0 aliphatic carbocycles. The first-order chi connectivity index (χ1) is 8.70. The van der Waals surface area contributed by atoms with E-state index in [1.165, 1.54) is 6.42 Å². The number of hydrogen-bond donors (Lipinski definition) is 1. The van der Waals surface area contributed by atoms with Gasteiger partial charge in [-0.15, -0.1) is 0 Å². The molecular formula is C13H17Br2NO2. The summed E-state index contributed by atoms with van der Waals surface area (Å²) in [4.78, 5) is 0. The van der Waals surface area contributed by atoms with Gasteiger partial charge in [-0.05, 0) is 76.3 Å². The van der Waals surface area contributed by atoms with Gasteiger partial charge in [0.2, 0.25) is 0 Å². The van der Waals surface area contributed by atoms with Crippen molar-refractivity contribution in [3.05, 3.63) is 21.1 Å². The molecule has 1 unspecified atom stereocenters. The van der Waals surface area contributed by atoms with Gasteiger partial charge in [-0.2, -0.15) is 0 Å². The fourth-order valence-corrected chi connectivity index (χ4v) is 2.94. The zero-order valence-electron chi connectivity index (χ0n) is 10.3. The Morgan fingerprint density at radius 1 is 1.11 bits per heavy atom. The Morgan fingerprint density at radius 2 is 1.83 bits per heavy atom. The van der Waals surface area contributed by atoms with Gasteiger partial charge in [-0.1, -0.05) is 0 Å². The van der Waals surface area contributed by atoms with Crippen molar-refractivity contribution in [3.63, 3.8) is 0 Å². The Kier molecular flexibility index (Phi) is 5.33. The molecule has 0 saturated carbocycles. The van der Waals surface area contributed by atoms with Crippen LogP contribution in [0.15, 0.2) is 21.1 Å². The third-order valence-corrected chi connectivity index (χ3v) is 4.26. The molecule has 100 valence electrons. The number of hydrogen-bond acceptors (Lipinski definition) is 3. The predicted molar refractivity (Wildman–Crippen MR) is 79.5 cm³/mol. The average Bonchev–Trinajstić information content (AvgIpc) is 2.62. The number of methoxy groups -OCH3 is 1. The molecule has 0 spiro atoms. The summed E-state index contributed by atoms with van der Waals surface area (Å²) < 4.78 is 13.2. The van der Waals surface area contributed by atoms with Crippen LogP contribution in [-0.4, -0.2) is 26.3 Å². The predicted octanol–water partition coefficient (Wildman–Crippen LogP) is 3.74. The second kappa shape index (κ2) is 6.78. The average molecular weight is 379 g/mol. The van der Waals surface area contributed by atoms with Crippen molar-refractivity contribution in [2.75, 3.05) is 20.2 Å². The lowest BCUT2D eigenvalue weighted by Crippen LogP contribution is -2.19. The summed E-state index contributed by atoms with van der Waals surface area (Å²) in [5.41, 5.74) is 0. The van der Waals surface area contributed by atoms with Crippen LogP contribution in [0.3, 0.4) is 0 Å². The Balaban J connectivity index is 2.10. The first-order valence-corrected chi connectivity index (χ1v) is 7.69. The van der Waals surface area contributed by atoms with Crippen LogP contribution in [0.25, 0.3) is 0 Å². The minimum absolute atomic E-state index is 0.289. The Morgan fingerprint density at radius 3 is 2.61 bits per heavy atom. The van der Waals surface area contributed by atoms with Crippen molar-refractivity contribution in [2.45, 2.75) is 25.4 Å². The summed E-state index contributed by atoms with van der Waals surface area (Å²) in [6.07, 6.45) is 3.61. The first kappa shape index (κ1) is 14.2. The number of rotatable bonds is 3. The highest BCUT2D eigenvalue weighted by molar-refractivity contribution is 9.11. The standard InChI is InChI=1S/C13H17Br2NO2/c1-17-12-7-11(15)13(8-10(12)14)18-9-3-2-5-16-6-4-9/h7-9,16H,2-6H2,1H3. The van der Waals surface area contributed by atoms with Gasteiger partial charge in [-0.25, -0.2) is 0 Å². The molecule has 1 saturated heterocycles. The van der Waals surface area contributed by atoms with E-state index in [4.69, 9.17) is 9.47 Å². The van der Waals surface area contributed by atoms with Crippen molar-refractivity contribution >= 4 is 31.9 Å². The van der Waals surface area contributed by atoms with Crippen LogP contribution in [0.1, 0.15) is 19.3 Å². The molecule has 0 amide bonds. The zero-order chi connectivity index (χ0) is 13.0. The van der Waals surface area contributed by atoms with E-state index in [0.29, 0.717) is 0 Å². The maximum atomic E-state index is 6.07. The second-order valence-corrected chi connectivity index (χ2v) is 6.05. The van der Waals surface area contributed by atoms with Crippen LogP contribution in [-0.2, 0) is 0 Å². The second-order valence-electron chi connectivity index (χ2n) is 4.34. The van der Waals surface area contributed by atoms with Gasteiger partial charge >= 0.3 is 0 Å². The van der Waals surface area contributed by atoms with Gasteiger partial charge < -0.3 is 14.8 Å². The highest BCUT2D eigenvalue weighted by Crippen LogP contribution is 2.36. The maximum absolute atomic E-state index is 6.07. The fraction of sp³-hybridized carbons (Fsp3) is 0.538. The van der Waals surface area contributed by atoms with E-state index >= 15 is 0 Å². The molecular weight excluding hydrogens is 362 g/mol. The van der Waals surface area contributed by atoms with Gasteiger partial charge in [0, 0.05) is 0 Å². The van der Waals surface area contributed by atoms with Crippen molar-refractivity contribution in [2.24, 2.45) is 0 Å². The van der Waals surface area contributed by atoms with Gasteiger partial charge in [0.25, 0.3) is 0 Å². The lowest BCUT2D eigenvalue weighted by molar-refractivity contribution is 0.186. The highest BCUT2D eigenvalue weighted by atomic mass is 79.9. The molecule has 2 rings (SSSR count). The minimum Gasteiger partial charge on any atom is -0.496 e. The van der Waals surface area contributed by atoms with Crippen LogP contribution in [0.4, 0.5) is 0 Å². The van der Waals surface area contributed by atoms with E-state index in [1.807, 2.05) is 12.1 Å². The minimum atomic E-state index is 0.289. The van der Waals surface area contributed by atoms with E-state index in [-0.39, 0.29) is 6.10 Å². The molecule has 1 aliphatic rings. The van der Waals surface area contributed by atoms with Crippen molar-refractivity contribution in [3.8, 4) is 11.5 Å². The molecule has 0 bridgehead atoms. The van der Waals surface area contributed by atoms with Gasteiger partial charge in [-0.3, -0.25) is 0 Å². The molecule has 1 heterocycles. The summed E-state index contributed by atoms with van der Waals surface area (Å²) in [6, 6.07) is 3.88. The van der Waals surface area contributed by atoms with Crippen molar-refractivity contribution < 1.29 is 9.47 Å². The Bertz CT molecular complexity index is 404. The number of ether oxygens (including phenoxy) is 2. The summed E-state index contributed by atoms with van der Waals surface area (Å²) in [6.45, 7) is 2.12. The van der Waals surface area contributed by atoms with E-state index < -0.39 is 0 Å². The van der Waals surface area contributed by atoms with Crippen molar-refractivity contribution in [1.82, 2.24) is 5.32 Å². The highest BCUT2D eigenvalue weighted by Gasteiger charge is 2.16. The summed E-state index contributed by atoms with van der Waals surface area (Å²) in [5.74, 6) is 1.67. The van der Waals surface area contributed by atoms with E-state index in [2.05, 4.69) is 37.2 Å². The summed E-state index contributed by atoms with van der Waals surface area (Å²) in [5, 5.41) is 3.39. The van der Waals surface area contributed by atoms with Gasteiger partial charge in [0.1, 0.15) is 17.6 Å². The first-order valence-electron chi connectivity index (χ1n) is 6.11. The van der Waals surface area contributed by atoms with Crippen molar-refractivity contribution in [1.29, 1.82) is 0 Å². The van der Waals surface area contributed by atoms with Gasteiger partial charge in [0.05, 0.1) is 16.1 Å². The lowest BCUT2D eigenvalue weighted by Gasteiger charge is -2.18. The smallest absolute Gasteiger partial charge is 0.135 e. The fourth-order valence-electron chi connectivity index (χ4n) is 2.04. The van der Waals surface area contributed by atoms with Crippen LogP contribution in [0.2, 0.25) is 0 Å². The molecule has 1 N–H and O–H groups in total. The summed E-state index contributed by atoms with van der Waals surface area (Å²) in [7, 11) is 1.66. The largest absolute Gasteiger partial charge is 0.496 e. The molecule has 1 atom stereocenters. The van der Waals surface area contributed by atoms with Gasteiger partial charge in [0.15, 0.2) is 0 Å².